The predicted octanol–water partition coefficient (Wildman–Crippen LogP) is 2.90. The third kappa shape index (κ3) is 3.41. The van der Waals surface area contributed by atoms with Crippen LogP contribution in [0.5, 0.6) is 0 Å². The minimum Gasteiger partial charge on any atom is -0.463 e. The number of nitrogens with zero attached hydrogens (tertiary/aromatic N) is 3. The van der Waals surface area contributed by atoms with E-state index in [1.807, 2.05) is 0 Å². The number of carbonyl (C=O) groups is 1. The van der Waals surface area contributed by atoms with Crippen molar-refractivity contribution < 1.29 is 18.3 Å². The summed E-state index contributed by atoms with van der Waals surface area (Å²) in [5.74, 6) is 0.0920. The van der Waals surface area contributed by atoms with E-state index >= 15 is 0 Å². The predicted molar refractivity (Wildman–Crippen MR) is 98.6 cm³/mol. The second kappa shape index (κ2) is 7.31. The smallest absolute Gasteiger partial charge is 0.373 e. The molecule has 8 nitrogen and oxygen atoms in total. The maximum absolute atomic E-state index is 13.1. The molecule has 142 valence electrons. The molecule has 0 spiro atoms. The zero-order valence-electron chi connectivity index (χ0n) is 14.5. The van der Waals surface area contributed by atoms with E-state index < -0.39 is 11.5 Å². The number of fused-ring (bicyclic) bond motifs is 1. The number of ether oxygens (including phenoxy) is 1. The number of halogens is 1. The van der Waals surface area contributed by atoms with E-state index in [9.17, 15) is 14.0 Å². The largest absolute Gasteiger partial charge is 0.463 e. The van der Waals surface area contributed by atoms with Gasteiger partial charge in [0.1, 0.15) is 17.1 Å². The summed E-state index contributed by atoms with van der Waals surface area (Å²) in [4.78, 5) is 23.6. The number of H-pyrrole nitrogens is 1. The Hall–Kier alpha value is -3.40. The Bertz CT molecular complexity index is 1210. The summed E-state index contributed by atoms with van der Waals surface area (Å²) in [6, 6.07) is 10.6. The Labute approximate surface area is 161 Å². The molecular weight excluding hydrogens is 387 g/mol. The molecule has 0 aliphatic rings. The molecule has 0 saturated carbocycles. The van der Waals surface area contributed by atoms with Gasteiger partial charge in [-0.05, 0) is 42.5 Å². The van der Waals surface area contributed by atoms with Crippen LogP contribution in [0.15, 0.2) is 56.8 Å². The zero-order chi connectivity index (χ0) is 19.7. The fraction of sp³-hybridized carbons (Fsp3) is 0.111. The average Bonchev–Trinajstić information content (AvgIpc) is 3.35. The number of esters is 1. The number of nitrogens with one attached hydrogen (secondary N) is 1. The number of hydrogen-bond donors (Lipinski definition) is 1. The molecule has 4 rings (SSSR count). The van der Waals surface area contributed by atoms with Crippen LogP contribution in [0.4, 0.5) is 4.39 Å². The Morgan fingerprint density at radius 2 is 2.07 bits per heavy atom. The summed E-state index contributed by atoms with van der Waals surface area (Å²) >= 11 is 1.27. The van der Waals surface area contributed by atoms with Gasteiger partial charge >= 0.3 is 5.97 Å². The zero-order valence-corrected chi connectivity index (χ0v) is 15.3. The lowest BCUT2D eigenvalue weighted by atomic mass is 10.1. The van der Waals surface area contributed by atoms with Crippen LogP contribution < -0.4 is 5.56 Å². The van der Waals surface area contributed by atoms with Gasteiger partial charge in [-0.1, -0.05) is 11.8 Å². The Kier molecular flexibility index (Phi) is 4.70. The molecule has 0 aliphatic carbocycles. The monoisotopic (exact) mass is 400 g/mol. The van der Waals surface area contributed by atoms with E-state index in [1.165, 1.54) is 41.6 Å². The van der Waals surface area contributed by atoms with Crippen LogP contribution in [0.1, 0.15) is 16.3 Å². The number of benzene rings is 1. The van der Waals surface area contributed by atoms with Gasteiger partial charge in [-0.3, -0.25) is 4.79 Å². The Morgan fingerprint density at radius 1 is 1.29 bits per heavy atom. The lowest BCUT2D eigenvalue weighted by molar-refractivity contribution is 0.0563. The van der Waals surface area contributed by atoms with Gasteiger partial charge < -0.3 is 9.15 Å². The highest BCUT2D eigenvalue weighted by atomic mass is 32.2. The van der Waals surface area contributed by atoms with Crippen molar-refractivity contribution in [1.29, 1.82) is 0 Å². The van der Waals surface area contributed by atoms with E-state index in [0.717, 1.165) is 0 Å². The second-order valence-corrected chi connectivity index (χ2v) is 6.66. The van der Waals surface area contributed by atoms with Gasteiger partial charge in [0.25, 0.3) is 5.56 Å². The van der Waals surface area contributed by atoms with Gasteiger partial charge in [-0.2, -0.15) is 5.10 Å². The molecule has 10 heteroatoms. The van der Waals surface area contributed by atoms with E-state index in [0.29, 0.717) is 33.4 Å². The SMILES string of the molecule is COC(=O)c1ccc(CSc2n[nH]c(=O)c3cc(-c4ccc(F)cc4)nn23)o1. The number of aromatic nitrogens is 4. The average molecular weight is 400 g/mol. The van der Waals surface area contributed by atoms with Gasteiger partial charge in [-0.15, -0.1) is 5.10 Å². The summed E-state index contributed by atoms with van der Waals surface area (Å²) in [6.45, 7) is 0. The molecule has 0 amide bonds. The third-order valence-corrected chi connectivity index (χ3v) is 4.86. The molecule has 0 aliphatic heterocycles. The van der Waals surface area contributed by atoms with Crippen molar-refractivity contribution in [3.63, 3.8) is 0 Å². The number of methoxy groups -OCH3 is 1. The number of hydrogen-bond acceptors (Lipinski definition) is 7. The van der Waals surface area contributed by atoms with Crippen molar-refractivity contribution in [3.05, 3.63) is 70.2 Å². The highest BCUT2D eigenvalue weighted by molar-refractivity contribution is 7.98. The lowest BCUT2D eigenvalue weighted by Crippen LogP contribution is -2.13. The molecule has 0 radical (unpaired) electrons. The quantitative estimate of drug-likeness (QED) is 0.406. The van der Waals surface area contributed by atoms with Gasteiger partial charge in [0, 0.05) is 5.56 Å². The number of aromatic amines is 1. The first-order valence-corrected chi connectivity index (χ1v) is 9.08. The minimum absolute atomic E-state index is 0.107. The highest BCUT2D eigenvalue weighted by Gasteiger charge is 2.15. The van der Waals surface area contributed by atoms with Crippen molar-refractivity contribution >= 4 is 23.2 Å². The second-order valence-electron chi connectivity index (χ2n) is 5.72. The molecule has 0 saturated heterocycles. The topological polar surface area (TPSA) is 102 Å². The molecule has 3 heterocycles. The summed E-state index contributed by atoms with van der Waals surface area (Å²) in [5, 5.41) is 11.3. The highest BCUT2D eigenvalue weighted by Crippen LogP contribution is 2.24. The molecule has 0 unspecified atom stereocenters. The molecule has 28 heavy (non-hydrogen) atoms. The summed E-state index contributed by atoms with van der Waals surface area (Å²) in [7, 11) is 1.27. The van der Waals surface area contributed by atoms with Gasteiger partial charge in [0.05, 0.1) is 18.6 Å². The maximum atomic E-state index is 13.1. The number of furan rings is 1. The van der Waals surface area contributed by atoms with Crippen LogP contribution in [0.2, 0.25) is 0 Å². The standard InChI is InChI=1S/C18H13FN4O4S/c1-26-17(25)15-7-6-12(27-15)9-28-18-21-20-16(24)14-8-13(22-23(14)18)10-2-4-11(19)5-3-10/h2-8H,9H2,1H3,(H,20,24). The normalized spacial score (nSPS) is 11.1. The molecule has 1 N–H and O–H groups in total. The van der Waals surface area contributed by atoms with Crippen LogP contribution in [0.25, 0.3) is 16.8 Å². The van der Waals surface area contributed by atoms with E-state index in [1.54, 1.807) is 24.3 Å². The van der Waals surface area contributed by atoms with Crippen molar-refractivity contribution in [2.24, 2.45) is 0 Å². The van der Waals surface area contributed by atoms with Crippen LogP contribution in [-0.4, -0.2) is 32.9 Å². The fourth-order valence-corrected chi connectivity index (χ4v) is 3.35. The van der Waals surface area contributed by atoms with Gasteiger partial charge in [0.15, 0.2) is 0 Å². The third-order valence-electron chi connectivity index (χ3n) is 3.91. The molecule has 0 atom stereocenters. The van der Waals surface area contributed by atoms with Crippen molar-refractivity contribution in [2.75, 3.05) is 7.11 Å². The molecule has 3 aromatic heterocycles. The number of carbonyl (C=O) groups excluding carboxylic acids is 1. The molecule has 0 fully saturated rings. The molecule has 0 bridgehead atoms. The van der Waals surface area contributed by atoms with Crippen LogP contribution in [0.3, 0.4) is 0 Å². The van der Waals surface area contributed by atoms with E-state index in [4.69, 9.17) is 4.42 Å². The van der Waals surface area contributed by atoms with Crippen LogP contribution in [0, 0.1) is 5.82 Å². The van der Waals surface area contributed by atoms with Crippen LogP contribution >= 0.6 is 11.8 Å². The Balaban J connectivity index is 1.63. The summed E-state index contributed by atoms with van der Waals surface area (Å²) in [5.41, 5.74) is 1.11. The fourth-order valence-electron chi connectivity index (χ4n) is 2.55. The summed E-state index contributed by atoms with van der Waals surface area (Å²) < 4.78 is 24.6. The first-order valence-electron chi connectivity index (χ1n) is 8.09. The molecule has 1 aromatic carbocycles. The lowest BCUT2D eigenvalue weighted by Gasteiger charge is -2.01. The van der Waals surface area contributed by atoms with Crippen molar-refractivity contribution in [1.82, 2.24) is 19.8 Å². The van der Waals surface area contributed by atoms with Crippen molar-refractivity contribution in [2.45, 2.75) is 10.9 Å². The number of rotatable bonds is 5. The van der Waals surface area contributed by atoms with Gasteiger partial charge in [0.2, 0.25) is 10.9 Å². The first-order chi connectivity index (χ1) is 13.5. The minimum atomic E-state index is -0.558. The first kappa shape index (κ1) is 18.0. The van der Waals surface area contributed by atoms with E-state index in [2.05, 4.69) is 20.0 Å². The number of thioether (sulfide) groups is 1. The Morgan fingerprint density at radius 3 is 2.82 bits per heavy atom. The molecular formula is C18H13FN4O4S. The maximum Gasteiger partial charge on any atom is 0.373 e. The summed E-state index contributed by atoms with van der Waals surface area (Å²) in [6.07, 6.45) is 0. The van der Waals surface area contributed by atoms with Gasteiger partial charge in [-0.25, -0.2) is 18.8 Å². The van der Waals surface area contributed by atoms with Crippen molar-refractivity contribution in [3.8, 4) is 11.3 Å². The van der Waals surface area contributed by atoms with E-state index in [-0.39, 0.29) is 11.6 Å². The molecule has 4 aromatic rings. The van der Waals surface area contributed by atoms with Crippen LogP contribution in [-0.2, 0) is 10.5 Å².